The molecule has 0 aliphatic carbocycles. The lowest BCUT2D eigenvalue weighted by Gasteiger charge is -2.16. The predicted molar refractivity (Wildman–Crippen MR) is 125 cm³/mol. The van der Waals surface area contributed by atoms with Gasteiger partial charge in [0.25, 0.3) is 5.56 Å². The summed E-state index contributed by atoms with van der Waals surface area (Å²) in [5.74, 6) is 1.37. The standard InChI is InChI=1S/C25H22N2O5/c1-30-17-8-6-7-16(13-17)26-15-21-19-9-4-5-10-20(19)24(28)27(25(21)29)22-12-11-18(31-2)14-23(22)32-3/h4-15,29H,1-3H3. The summed E-state index contributed by atoms with van der Waals surface area (Å²) in [5.41, 5.74) is 1.06. The van der Waals surface area contributed by atoms with E-state index in [2.05, 4.69) is 4.99 Å². The van der Waals surface area contributed by atoms with Crippen LogP contribution in [0.5, 0.6) is 23.1 Å². The van der Waals surface area contributed by atoms with E-state index in [1.807, 2.05) is 24.3 Å². The van der Waals surface area contributed by atoms with Gasteiger partial charge in [-0.15, -0.1) is 0 Å². The van der Waals surface area contributed by atoms with Crippen LogP contribution >= 0.6 is 0 Å². The highest BCUT2D eigenvalue weighted by molar-refractivity contribution is 6.02. The molecule has 0 bridgehead atoms. The number of aromatic nitrogens is 1. The number of aromatic hydroxyl groups is 1. The molecular formula is C25H22N2O5. The lowest BCUT2D eigenvalue weighted by molar-refractivity contribution is 0.389. The molecule has 0 unspecified atom stereocenters. The van der Waals surface area contributed by atoms with E-state index in [0.29, 0.717) is 45.0 Å². The van der Waals surface area contributed by atoms with Crippen molar-refractivity contribution < 1.29 is 19.3 Å². The molecule has 0 fully saturated rings. The first-order chi connectivity index (χ1) is 15.6. The molecule has 0 radical (unpaired) electrons. The number of ether oxygens (including phenoxy) is 3. The molecule has 0 spiro atoms. The van der Waals surface area contributed by atoms with Gasteiger partial charge >= 0.3 is 0 Å². The number of nitrogens with zero attached hydrogens (tertiary/aromatic N) is 2. The molecule has 32 heavy (non-hydrogen) atoms. The number of pyridine rings is 1. The summed E-state index contributed by atoms with van der Waals surface area (Å²) >= 11 is 0. The Bertz CT molecular complexity index is 1370. The lowest BCUT2D eigenvalue weighted by atomic mass is 10.1. The minimum absolute atomic E-state index is 0.246. The second-order valence-corrected chi connectivity index (χ2v) is 6.92. The fourth-order valence-corrected chi connectivity index (χ4v) is 3.51. The Balaban J connectivity index is 1.97. The van der Waals surface area contributed by atoms with Crippen molar-refractivity contribution in [2.45, 2.75) is 0 Å². The van der Waals surface area contributed by atoms with E-state index < -0.39 is 0 Å². The molecular weight excluding hydrogens is 408 g/mol. The molecule has 4 aromatic rings. The molecule has 1 aromatic heterocycles. The number of aliphatic imine (C=N–C) groups is 1. The largest absolute Gasteiger partial charge is 0.497 e. The molecule has 0 atom stereocenters. The molecule has 1 N–H and O–H groups in total. The number of rotatable bonds is 6. The van der Waals surface area contributed by atoms with Crippen molar-refractivity contribution in [3.05, 3.63) is 82.6 Å². The van der Waals surface area contributed by atoms with Crippen LogP contribution in [-0.2, 0) is 0 Å². The van der Waals surface area contributed by atoms with Crippen molar-refractivity contribution in [3.8, 4) is 28.8 Å². The van der Waals surface area contributed by atoms with E-state index in [0.717, 1.165) is 0 Å². The number of hydrogen-bond acceptors (Lipinski definition) is 6. The van der Waals surface area contributed by atoms with Crippen molar-refractivity contribution in [2.75, 3.05) is 21.3 Å². The molecule has 0 saturated heterocycles. The van der Waals surface area contributed by atoms with E-state index in [1.165, 1.54) is 11.7 Å². The minimum atomic E-state index is -0.375. The molecule has 1 heterocycles. The Labute approximate surface area is 184 Å². The molecule has 0 aliphatic rings. The van der Waals surface area contributed by atoms with Crippen LogP contribution in [0.4, 0.5) is 5.69 Å². The summed E-state index contributed by atoms with van der Waals surface area (Å²) in [7, 11) is 4.62. The Kier molecular flexibility index (Phi) is 5.81. The summed E-state index contributed by atoms with van der Waals surface area (Å²) in [4.78, 5) is 17.8. The first-order valence-corrected chi connectivity index (χ1v) is 9.84. The van der Waals surface area contributed by atoms with Gasteiger partial charge in [0, 0.05) is 29.1 Å². The fraction of sp³-hybridized carbons (Fsp3) is 0.120. The summed E-state index contributed by atoms with van der Waals surface area (Å²) in [6, 6.07) is 19.3. The van der Waals surface area contributed by atoms with Crippen LogP contribution in [0.2, 0.25) is 0 Å². The summed E-state index contributed by atoms with van der Waals surface area (Å²) < 4.78 is 17.2. The molecule has 0 saturated carbocycles. The maximum Gasteiger partial charge on any atom is 0.265 e. The second kappa shape index (κ2) is 8.85. The Morgan fingerprint density at radius 1 is 0.844 bits per heavy atom. The average Bonchev–Trinajstić information content (AvgIpc) is 2.84. The van der Waals surface area contributed by atoms with Crippen molar-refractivity contribution >= 4 is 22.7 Å². The van der Waals surface area contributed by atoms with Crippen LogP contribution < -0.4 is 19.8 Å². The van der Waals surface area contributed by atoms with Gasteiger partial charge in [-0.3, -0.25) is 9.79 Å². The topological polar surface area (TPSA) is 82.3 Å². The van der Waals surface area contributed by atoms with Crippen LogP contribution in [-0.4, -0.2) is 37.2 Å². The van der Waals surface area contributed by atoms with Crippen molar-refractivity contribution in [1.82, 2.24) is 4.57 Å². The van der Waals surface area contributed by atoms with E-state index in [4.69, 9.17) is 14.2 Å². The highest BCUT2D eigenvalue weighted by Crippen LogP contribution is 2.33. The van der Waals surface area contributed by atoms with Crippen LogP contribution in [0.1, 0.15) is 5.56 Å². The van der Waals surface area contributed by atoms with Crippen molar-refractivity contribution in [1.29, 1.82) is 0 Å². The van der Waals surface area contributed by atoms with Crippen LogP contribution in [0.3, 0.4) is 0 Å². The Morgan fingerprint density at radius 3 is 2.28 bits per heavy atom. The van der Waals surface area contributed by atoms with Gasteiger partial charge in [-0.25, -0.2) is 4.57 Å². The second-order valence-electron chi connectivity index (χ2n) is 6.92. The SMILES string of the molecule is COc1cccc(N=Cc2c(O)n(-c3ccc(OC)cc3OC)c(=O)c3ccccc23)c1. The quantitative estimate of drug-likeness (QED) is 0.456. The van der Waals surface area contributed by atoms with Gasteiger partial charge in [0.05, 0.1) is 38.3 Å². The molecule has 0 amide bonds. The number of benzene rings is 3. The summed E-state index contributed by atoms with van der Waals surface area (Å²) in [6.45, 7) is 0. The van der Waals surface area contributed by atoms with E-state index >= 15 is 0 Å². The van der Waals surface area contributed by atoms with E-state index in [-0.39, 0.29) is 11.4 Å². The Hall–Kier alpha value is -4.26. The zero-order valence-electron chi connectivity index (χ0n) is 17.9. The average molecular weight is 430 g/mol. The minimum Gasteiger partial charge on any atom is -0.497 e. The normalized spacial score (nSPS) is 11.1. The van der Waals surface area contributed by atoms with Gasteiger partial charge in [0.1, 0.15) is 17.2 Å². The number of hydrogen-bond donors (Lipinski definition) is 1. The van der Waals surface area contributed by atoms with Gasteiger partial charge in [-0.05, 0) is 30.3 Å². The van der Waals surface area contributed by atoms with E-state index in [1.54, 1.807) is 62.9 Å². The van der Waals surface area contributed by atoms with Gasteiger partial charge < -0.3 is 19.3 Å². The molecule has 3 aromatic carbocycles. The highest BCUT2D eigenvalue weighted by atomic mass is 16.5. The Morgan fingerprint density at radius 2 is 1.56 bits per heavy atom. The third-order valence-electron chi connectivity index (χ3n) is 5.13. The molecule has 7 heteroatoms. The third-order valence-corrected chi connectivity index (χ3v) is 5.13. The molecule has 4 rings (SSSR count). The van der Waals surface area contributed by atoms with Crippen LogP contribution in [0.25, 0.3) is 16.5 Å². The molecule has 0 aliphatic heterocycles. The van der Waals surface area contributed by atoms with Crippen LogP contribution in [0.15, 0.2) is 76.5 Å². The van der Waals surface area contributed by atoms with Gasteiger partial charge in [-0.1, -0.05) is 24.3 Å². The predicted octanol–water partition coefficient (Wildman–Crippen LogP) is 4.47. The smallest absolute Gasteiger partial charge is 0.265 e. The maximum absolute atomic E-state index is 13.3. The first-order valence-electron chi connectivity index (χ1n) is 9.84. The van der Waals surface area contributed by atoms with Crippen molar-refractivity contribution in [3.63, 3.8) is 0 Å². The zero-order valence-corrected chi connectivity index (χ0v) is 17.9. The monoisotopic (exact) mass is 430 g/mol. The molecule has 162 valence electrons. The maximum atomic E-state index is 13.3. The number of methoxy groups -OCH3 is 3. The zero-order chi connectivity index (χ0) is 22.7. The lowest BCUT2D eigenvalue weighted by Crippen LogP contribution is -2.20. The van der Waals surface area contributed by atoms with Gasteiger partial charge in [0.2, 0.25) is 5.88 Å². The highest BCUT2D eigenvalue weighted by Gasteiger charge is 2.19. The summed E-state index contributed by atoms with van der Waals surface area (Å²) in [6.07, 6.45) is 1.54. The van der Waals surface area contributed by atoms with Gasteiger partial charge in [0.15, 0.2) is 0 Å². The third kappa shape index (κ3) is 3.76. The van der Waals surface area contributed by atoms with Crippen LogP contribution in [0, 0.1) is 0 Å². The van der Waals surface area contributed by atoms with Crippen molar-refractivity contribution in [2.24, 2.45) is 4.99 Å². The first kappa shape index (κ1) is 21.0. The molecule has 7 nitrogen and oxygen atoms in total. The number of fused-ring (bicyclic) bond motifs is 1. The summed E-state index contributed by atoms with van der Waals surface area (Å²) in [5, 5.41) is 12.2. The van der Waals surface area contributed by atoms with Gasteiger partial charge in [-0.2, -0.15) is 0 Å². The van der Waals surface area contributed by atoms with E-state index in [9.17, 15) is 9.90 Å². The fourth-order valence-electron chi connectivity index (χ4n) is 3.51.